The second-order valence-corrected chi connectivity index (χ2v) is 6.95. The van der Waals surface area contributed by atoms with Crippen molar-refractivity contribution in [3.05, 3.63) is 10.1 Å². The van der Waals surface area contributed by atoms with E-state index in [4.69, 9.17) is 5.73 Å². The van der Waals surface area contributed by atoms with Crippen LogP contribution in [0.3, 0.4) is 0 Å². The number of rotatable bonds is 4. The molecule has 9 nitrogen and oxygen atoms in total. The van der Waals surface area contributed by atoms with Crippen molar-refractivity contribution in [3.63, 3.8) is 0 Å². The smallest absolute Gasteiger partial charge is 0.353 e. The minimum absolute atomic E-state index is 0.0406. The van der Waals surface area contributed by atoms with Gasteiger partial charge in [-0.1, -0.05) is 13.8 Å². The van der Waals surface area contributed by atoms with Gasteiger partial charge in [0.1, 0.15) is 0 Å². The quantitative estimate of drug-likeness (QED) is 0.641. The fraction of sp³-hybridized carbons (Fsp3) is 0.750. The van der Waals surface area contributed by atoms with Crippen LogP contribution in [0, 0.1) is 16.0 Å². The first-order valence-corrected chi connectivity index (χ1v) is 9.03. The van der Waals surface area contributed by atoms with Crippen molar-refractivity contribution in [2.75, 3.05) is 61.3 Å². The van der Waals surface area contributed by atoms with Crippen LogP contribution in [0.4, 0.5) is 23.3 Å². The number of piperidine rings is 1. The third-order valence-corrected chi connectivity index (χ3v) is 5.12. The Balaban J connectivity index is 1.92. The van der Waals surface area contributed by atoms with Crippen LogP contribution in [0.2, 0.25) is 0 Å². The van der Waals surface area contributed by atoms with E-state index in [1.165, 1.54) is 6.42 Å². The summed E-state index contributed by atoms with van der Waals surface area (Å²) >= 11 is 0. The molecule has 0 spiro atoms. The average Bonchev–Trinajstić information content (AvgIpc) is 2.60. The number of nitrogens with two attached hydrogens (primary N) is 1. The standard InChI is InChI=1S/C16H27N7O2/c1-3-20-7-9-21(10-8-20)15-13(23(24)25)14(17)18-16(19-15)22-6-4-5-12(2)11-22/h12H,3-11H2,1-2H3,(H2,17,18,19)/t12-/m0/s1. The maximum atomic E-state index is 11.5. The van der Waals surface area contributed by atoms with E-state index in [-0.39, 0.29) is 11.5 Å². The van der Waals surface area contributed by atoms with Crippen LogP contribution < -0.4 is 15.5 Å². The van der Waals surface area contributed by atoms with Crippen molar-refractivity contribution in [3.8, 4) is 0 Å². The van der Waals surface area contributed by atoms with E-state index in [2.05, 4.69) is 33.6 Å². The van der Waals surface area contributed by atoms with Gasteiger partial charge < -0.3 is 20.4 Å². The number of hydrogen-bond donors (Lipinski definition) is 1. The molecule has 0 saturated carbocycles. The Morgan fingerprint density at radius 3 is 2.52 bits per heavy atom. The molecule has 3 heterocycles. The third kappa shape index (κ3) is 3.76. The minimum Gasteiger partial charge on any atom is -0.378 e. The molecule has 9 heteroatoms. The number of anilines is 3. The molecule has 0 radical (unpaired) electrons. The SMILES string of the molecule is CCN1CCN(c2nc(N3CCC[C@H](C)C3)nc(N)c2[N+](=O)[O-])CC1. The van der Waals surface area contributed by atoms with Crippen LogP contribution in [0.1, 0.15) is 26.7 Å². The van der Waals surface area contributed by atoms with Crippen molar-refractivity contribution >= 4 is 23.3 Å². The van der Waals surface area contributed by atoms with E-state index in [0.29, 0.717) is 30.8 Å². The lowest BCUT2D eigenvalue weighted by atomic mass is 10.0. The van der Waals surface area contributed by atoms with Crippen molar-refractivity contribution in [2.45, 2.75) is 26.7 Å². The molecule has 0 unspecified atom stereocenters. The van der Waals surface area contributed by atoms with Crippen molar-refractivity contribution in [1.82, 2.24) is 14.9 Å². The molecule has 2 N–H and O–H groups in total. The first kappa shape index (κ1) is 17.7. The molecule has 2 aliphatic heterocycles. The fourth-order valence-electron chi connectivity index (χ4n) is 3.63. The maximum Gasteiger partial charge on any atom is 0.353 e. The number of hydrogen-bond acceptors (Lipinski definition) is 8. The molecule has 2 aliphatic rings. The molecule has 2 saturated heterocycles. The Kier molecular flexibility index (Phi) is 5.22. The highest BCUT2D eigenvalue weighted by Crippen LogP contribution is 2.34. The molecule has 0 aliphatic carbocycles. The van der Waals surface area contributed by atoms with E-state index in [1.54, 1.807) is 0 Å². The topological polar surface area (TPSA) is 105 Å². The predicted molar refractivity (Wildman–Crippen MR) is 98.0 cm³/mol. The summed E-state index contributed by atoms with van der Waals surface area (Å²) in [5.74, 6) is 1.40. The Labute approximate surface area is 148 Å². The molecule has 0 aromatic carbocycles. The summed E-state index contributed by atoms with van der Waals surface area (Å²) in [6.45, 7) is 10.2. The summed E-state index contributed by atoms with van der Waals surface area (Å²) in [5, 5.41) is 11.5. The van der Waals surface area contributed by atoms with Gasteiger partial charge in [0, 0.05) is 39.3 Å². The number of aromatic nitrogens is 2. The van der Waals surface area contributed by atoms with E-state index >= 15 is 0 Å². The molecule has 0 amide bonds. The zero-order valence-electron chi connectivity index (χ0n) is 15.0. The highest BCUT2D eigenvalue weighted by molar-refractivity contribution is 5.71. The second-order valence-electron chi connectivity index (χ2n) is 6.95. The minimum atomic E-state index is -0.459. The van der Waals surface area contributed by atoms with E-state index in [1.807, 2.05) is 4.90 Å². The van der Waals surface area contributed by atoms with Gasteiger partial charge >= 0.3 is 5.69 Å². The van der Waals surface area contributed by atoms with Gasteiger partial charge in [-0.25, -0.2) is 0 Å². The average molecular weight is 349 g/mol. The Morgan fingerprint density at radius 2 is 1.92 bits per heavy atom. The Hall–Kier alpha value is -2.16. The van der Waals surface area contributed by atoms with Gasteiger partial charge in [0.2, 0.25) is 17.6 Å². The van der Waals surface area contributed by atoms with Crippen LogP contribution in [0.5, 0.6) is 0 Å². The van der Waals surface area contributed by atoms with Crippen molar-refractivity contribution in [1.29, 1.82) is 0 Å². The molecule has 1 aromatic heterocycles. The maximum absolute atomic E-state index is 11.5. The summed E-state index contributed by atoms with van der Waals surface area (Å²) in [5.41, 5.74) is 5.80. The molecular weight excluding hydrogens is 322 g/mol. The van der Waals surface area contributed by atoms with Gasteiger partial charge in [0.05, 0.1) is 4.92 Å². The number of nitro groups is 1. The van der Waals surface area contributed by atoms with Gasteiger partial charge in [-0.2, -0.15) is 9.97 Å². The zero-order valence-corrected chi connectivity index (χ0v) is 15.0. The Bertz CT molecular complexity index is 631. The molecule has 0 bridgehead atoms. The molecule has 138 valence electrons. The zero-order chi connectivity index (χ0) is 18.0. The molecule has 2 fully saturated rings. The monoisotopic (exact) mass is 349 g/mol. The largest absolute Gasteiger partial charge is 0.378 e. The normalized spacial score (nSPS) is 22.2. The summed E-state index contributed by atoms with van der Waals surface area (Å²) in [7, 11) is 0. The van der Waals surface area contributed by atoms with Crippen LogP contribution in [0.15, 0.2) is 0 Å². The first-order valence-electron chi connectivity index (χ1n) is 9.03. The summed E-state index contributed by atoms with van der Waals surface area (Å²) < 4.78 is 0. The van der Waals surface area contributed by atoms with Crippen LogP contribution in [-0.2, 0) is 0 Å². The van der Waals surface area contributed by atoms with Crippen LogP contribution in [-0.4, -0.2) is 65.6 Å². The Morgan fingerprint density at radius 1 is 1.20 bits per heavy atom. The molecule has 3 rings (SSSR count). The molecule has 25 heavy (non-hydrogen) atoms. The highest BCUT2D eigenvalue weighted by atomic mass is 16.6. The van der Waals surface area contributed by atoms with Gasteiger partial charge in [-0.05, 0) is 25.3 Å². The number of likely N-dealkylation sites (N-methyl/N-ethyl adjacent to an activating group) is 1. The molecular formula is C16H27N7O2. The number of nitrogens with zero attached hydrogens (tertiary/aromatic N) is 6. The molecule has 1 atom stereocenters. The van der Waals surface area contributed by atoms with Crippen LogP contribution in [0.25, 0.3) is 0 Å². The van der Waals surface area contributed by atoms with Gasteiger partial charge in [-0.3, -0.25) is 10.1 Å². The predicted octanol–water partition coefficient (Wildman–Crippen LogP) is 1.35. The lowest BCUT2D eigenvalue weighted by Gasteiger charge is -2.35. The fourth-order valence-corrected chi connectivity index (χ4v) is 3.63. The van der Waals surface area contributed by atoms with E-state index in [0.717, 1.165) is 39.1 Å². The van der Waals surface area contributed by atoms with Crippen molar-refractivity contribution < 1.29 is 4.92 Å². The number of piperazine rings is 1. The van der Waals surface area contributed by atoms with Gasteiger partial charge in [0.15, 0.2) is 0 Å². The summed E-state index contributed by atoms with van der Waals surface area (Å²) in [6.07, 6.45) is 2.26. The lowest BCUT2D eigenvalue weighted by Crippen LogP contribution is -2.47. The van der Waals surface area contributed by atoms with E-state index < -0.39 is 4.92 Å². The van der Waals surface area contributed by atoms with Gasteiger partial charge in [0.25, 0.3) is 0 Å². The molecule has 1 aromatic rings. The van der Waals surface area contributed by atoms with E-state index in [9.17, 15) is 10.1 Å². The summed E-state index contributed by atoms with van der Waals surface area (Å²) in [6, 6.07) is 0. The number of nitrogen functional groups attached to an aromatic ring is 1. The lowest BCUT2D eigenvalue weighted by molar-refractivity contribution is -0.383. The van der Waals surface area contributed by atoms with Gasteiger partial charge in [-0.15, -0.1) is 0 Å². The first-order chi connectivity index (χ1) is 12.0. The van der Waals surface area contributed by atoms with Crippen molar-refractivity contribution in [2.24, 2.45) is 5.92 Å². The second kappa shape index (κ2) is 7.38. The highest BCUT2D eigenvalue weighted by Gasteiger charge is 2.31. The van der Waals surface area contributed by atoms with Crippen LogP contribution >= 0.6 is 0 Å². The summed E-state index contributed by atoms with van der Waals surface area (Å²) in [4.78, 5) is 26.3. The third-order valence-electron chi connectivity index (χ3n) is 5.12.